The van der Waals surface area contributed by atoms with Crippen molar-refractivity contribution in [3.63, 3.8) is 0 Å². The third-order valence-corrected chi connectivity index (χ3v) is 4.82. The zero-order valence-corrected chi connectivity index (χ0v) is 14.6. The van der Waals surface area contributed by atoms with Gasteiger partial charge in [0.2, 0.25) is 0 Å². The van der Waals surface area contributed by atoms with Crippen LogP contribution in [0.4, 0.5) is 11.4 Å². The van der Waals surface area contributed by atoms with Crippen molar-refractivity contribution in [1.82, 2.24) is 4.90 Å². The van der Waals surface area contributed by atoms with E-state index in [1.54, 1.807) is 19.2 Å². The number of hydrogen-bond acceptors (Lipinski definition) is 6. The summed E-state index contributed by atoms with van der Waals surface area (Å²) in [6, 6.07) is 5.32. The Bertz CT molecular complexity index is 505. The second kappa shape index (κ2) is 9.08. The maximum atomic E-state index is 9.35. The van der Waals surface area contributed by atoms with Crippen LogP contribution >= 0.6 is 0 Å². The van der Waals surface area contributed by atoms with Crippen molar-refractivity contribution in [3.8, 4) is 5.75 Å². The lowest BCUT2D eigenvalue weighted by molar-refractivity contribution is -0.932. The molecule has 1 aliphatic rings. The molecule has 136 valence electrons. The molecule has 2 rings (SSSR count). The summed E-state index contributed by atoms with van der Waals surface area (Å²) in [5.41, 5.74) is 12.8. The number of nitrogen functional groups attached to an aromatic ring is 2. The van der Waals surface area contributed by atoms with Crippen LogP contribution in [0.3, 0.4) is 0 Å². The van der Waals surface area contributed by atoms with Crippen molar-refractivity contribution in [2.24, 2.45) is 0 Å². The molecule has 5 N–H and O–H groups in total. The first kappa shape index (κ1) is 18.8. The number of nitrogens with two attached hydrogens (primary N) is 2. The molecule has 24 heavy (non-hydrogen) atoms. The average Bonchev–Trinajstić information content (AvgIpc) is 2.57. The third kappa shape index (κ3) is 5.24. The Morgan fingerprint density at radius 1 is 1.17 bits per heavy atom. The highest BCUT2D eigenvalue weighted by atomic mass is 16.5. The number of piperazine rings is 1. The van der Waals surface area contributed by atoms with E-state index >= 15 is 0 Å². The van der Waals surface area contributed by atoms with Gasteiger partial charge in [-0.3, -0.25) is 4.90 Å². The Balaban J connectivity index is 1.75. The molecule has 0 atom stereocenters. The standard InChI is InChI=1S/C17H31N4O3/c1-23-13-10-21(9-11-22)7-4-20(5-8-21)6-12-24-17-3-2-15(18)14-16(17)19/h2-3,14,22H,4-13,18-19H2,1H3/q+1. The van der Waals surface area contributed by atoms with E-state index in [0.29, 0.717) is 23.7 Å². The Morgan fingerprint density at radius 2 is 1.92 bits per heavy atom. The van der Waals surface area contributed by atoms with Crippen LogP contribution in [0.15, 0.2) is 18.2 Å². The van der Waals surface area contributed by atoms with Gasteiger partial charge in [0, 0.05) is 32.4 Å². The first-order chi connectivity index (χ1) is 11.6. The lowest BCUT2D eigenvalue weighted by Crippen LogP contribution is -2.61. The topological polar surface area (TPSA) is 94.0 Å². The summed E-state index contributed by atoms with van der Waals surface area (Å²) < 4.78 is 11.9. The largest absolute Gasteiger partial charge is 0.490 e. The van der Waals surface area contributed by atoms with Crippen molar-refractivity contribution < 1.29 is 19.1 Å². The van der Waals surface area contributed by atoms with Gasteiger partial charge in [-0.1, -0.05) is 0 Å². The van der Waals surface area contributed by atoms with Crippen LogP contribution in [0, 0.1) is 0 Å². The normalized spacial score (nSPS) is 17.8. The van der Waals surface area contributed by atoms with Gasteiger partial charge in [-0.25, -0.2) is 0 Å². The van der Waals surface area contributed by atoms with Gasteiger partial charge in [0.25, 0.3) is 0 Å². The third-order valence-electron chi connectivity index (χ3n) is 4.82. The second-order valence-corrected chi connectivity index (χ2v) is 6.44. The Labute approximate surface area is 144 Å². The summed E-state index contributed by atoms with van der Waals surface area (Å²) in [6.07, 6.45) is 0. The first-order valence-corrected chi connectivity index (χ1v) is 8.53. The molecular weight excluding hydrogens is 308 g/mol. The number of aliphatic hydroxyl groups is 1. The SMILES string of the molecule is COCC[N+]1(CCO)CCN(CCOc2ccc(N)cc2N)CC1. The fourth-order valence-electron chi connectivity index (χ4n) is 3.19. The summed E-state index contributed by atoms with van der Waals surface area (Å²) in [5, 5.41) is 9.35. The molecule has 0 aliphatic carbocycles. The van der Waals surface area contributed by atoms with Gasteiger partial charge >= 0.3 is 0 Å². The van der Waals surface area contributed by atoms with Gasteiger partial charge in [-0.15, -0.1) is 0 Å². The van der Waals surface area contributed by atoms with Crippen LogP contribution in [0.2, 0.25) is 0 Å². The summed E-state index contributed by atoms with van der Waals surface area (Å²) in [4.78, 5) is 2.40. The van der Waals surface area contributed by atoms with Crippen LogP contribution in [-0.4, -0.2) is 87.2 Å². The molecule has 7 heteroatoms. The zero-order valence-electron chi connectivity index (χ0n) is 14.6. The molecule has 1 saturated heterocycles. The Kier molecular flexibility index (Phi) is 7.11. The van der Waals surface area contributed by atoms with Gasteiger partial charge in [0.1, 0.15) is 25.4 Å². The number of benzene rings is 1. The molecule has 1 aromatic carbocycles. The van der Waals surface area contributed by atoms with Gasteiger partial charge in [0.05, 0.1) is 32.0 Å². The number of rotatable bonds is 9. The summed E-state index contributed by atoms with van der Waals surface area (Å²) in [7, 11) is 1.73. The monoisotopic (exact) mass is 339 g/mol. The fraction of sp³-hybridized carbons (Fsp3) is 0.647. The van der Waals surface area contributed by atoms with E-state index in [0.717, 1.165) is 56.9 Å². The molecule has 0 amide bonds. The highest BCUT2D eigenvalue weighted by Gasteiger charge is 2.31. The minimum Gasteiger partial charge on any atom is -0.490 e. The first-order valence-electron chi connectivity index (χ1n) is 8.53. The van der Waals surface area contributed by atoms with Crippen molar-refractivity contribution in [1.29, 1.82) is 0 Å². The number of aliphatic hydroxyl groups excluding tert-OH is 1. The van der Waals surface area contributed by atoms with Crippen LogP contribution in [0.5, 0.6) is 5.75 Å². The molecule has 1 fully saturated rings. The van der Waals surface area contributed by atoms with E-state index in [4.69, 9.17) is 20.9 Å². The molecule has 0 unspecified atom stereocenters. The highest BCUT2D eigenvalue weighted by Crippen LogP contribution is 2.23. The van der Waals surface area contributed by atoms with E-state index < -0.39 is 0 Å². The van der Waals surface area contributed by atoms with E-state index in [9.17, 15) is 5.11 Å². The maximum Gasteiger partial charge on any atom is 0.142 e. The Morgan fingerprint density at radius 3 is 2.54 bits per heavy atom. The molecule has 0 bridgehead atoms. The van der Waals surface area contributed by atoms with E-state index in [1.165, 1.54) is 0 Å². The summed E-state index contributed by atoms with van der Waals surface area (Å²) in [6.45, 7) is 8.28. The van der Waals surface area contributed by atoms with Gasteiger partial charge in [0.15, 0.2) is 0 Å². The van der Waals surface area contributed by atoms with Crippen LogP contribution in [-0.2, 0) is 4.74 Å². The predicted molar refractivity (Wildman–Crippen MR) is 95.9 cm³/mol. The highest BCUT2D eigenvalue weighted by molar-refractivity contribution is 5.60. The number of hydrogen-bond donors (Lipinski definition) is 3. The number of ether oxygens (including phenoxy) is 2. The van der Waals surface area contributed by atoms with Gasteiger partial charge < -0.3 is 30.5 Å². The van der Waals surface area contributed by atoms with Crippen molar-refractivity contribution in [3.05, 3.63) is 18.2 Å². The molecule has 1 heterocycles. The van der Waals surface area contributed by atoms with Crippen LogP contribution < -0.4 is 16.2 Å². The molecule has 0 aromatic heterocycles. The zero-order chi connectivity index (χ0) is 17.4. The lowest BCUT2D eigenvalue weighted by atomic mass is 10.2. The van der Waals surface area contributed by atoms with E-state index in [1.807, 2.05) is 6.07 Å². The summed E-state index contributed by atoms with van der Waals surface area (Å²) in [5.74, 6) is 0.687. The van der Waals surface area contributed by atoms with Crippen molar-refractivity contribution in [2.45, 2.75) is 0 Å². The number of nitrogens with zero attached hydrogens (tertiary/aromatic N) is 2. The van der Waals surface area contributed by atoms with Crippen LogP contribution in [0.1, 0.15) is 0 Å². The van der Waals surface area contributed by atoms with Crippen molar-refractivity contribution >= 4 is 11.4 Å². The number of methoxy groups -OCH3 is 1. The average molecular weight is 339 g/mol. The maximum absolute atomic E-state index is 9.35. The van der Waals surface area contributed by atoms with E-state index in [-0.39, 0.29) is 6.61 Å². The minimum atomic E-state index is 0.225. The molecule has 0 spiro atoms. The predicted octanol–water partition coefficient (Wildman–Crippen LogP) is 0.000900. The quantitative estimate of drug-likeness (QED) is 0.433. The molecule has 7 nitrogen and oxygen atoms in total. The molecule has 1 aromatic rings. The molecular formula is C17H31N4O3+. The van der Waals surface area contributed by atoms with Crippen molar-refractivity contribution in [2.75, 3.05) is 84.2 Å². The molecule has 1 aliphatic heterocycles. The smallest absolute Gasteiger partial charge is 0.142 e. The molecule has 0 saturated carbocycles. The number of anilines is 2. The minimum absolute atomic E-state index is 0.225. The fourth-order valence-corrected chi connectivity index (χ4v) is 3.19. The van der Waals surface area contributed by atoms with Gasteiger partial charge in [-0.05, 0) is 18.2 Å². The van der Waals surface area contributed by atoms with Gasteiger partial charge in [-0.2, -0.15) is 0 Å². The lowest BCUT2D eigenvalue weighted by Gasteiger charge is -2.44. The number of quaternary nitrogens is 1. The second-order valence-electron chi connectivity index (χ2n) is 6.44. The Hall–Kier alpha value is -1.54. The van der Waals surface area contributed by atoms with E-state index in [2.05, 4.69) is 4.90 Å². The summed E-state index contributed by atoms with van der Waals surface area (Å²) >= 11 is 0. The van der Waals surface area contributed by atoms with Crippen LogP contribution in [0.25, 0.3) is 0 Å². The molecule has 0 radical (unpaired) electrons.